The van der Waals surface area contributed by atoms with Crippen molar-refractivity contribution < 1.29 is 13.2 Å². The third-order valence-corrected chi connectivity index (χ3v) is 5.67. The van der Waals surface area contributed by atoms with Crippen molar-refractivity contribution in [2.24, 2.45) is 0 Å². The Hall–Kier alpha value is -0.560. The summed E-state index contributed by atoms with van der Waals surface area (Å²) in [4.78, 5) is 0.323. The van der Waals surface area contributed by atoms with Gasteiger partial charge in [0.05, 0.1) is 18.1 Å². The molecule has 120 valence electrons. The van der Waals surface area contributed by atoms with Gasteiger partial charge in [-0.3, -0.25) is 0 Å². The van der Waals surface area contributed by atoms with E-state index >= 15 is 0 Å². The Balaban J connectivity index is 2.31. The molecule has 0 spiro atoms. The molecule has 7 heteroatoms. The second-order valence-electron chi connectivity index (χ2n) is 5.94. The average Bonchev–Trinajstić information content (AvgIpc) is 2.82. The second kappa shape index (κ2) is 6.28. The topological polar surface area (TPSA) is 51.5 Å². The number of aromatic nitrogens is 1. The molecule has 0 bridgehead atoms. The third kappa shape index (κ3) is 3.62. The van der Waals surface area contributed by atoms with Gasteiger partial charge in [0.25, 0.3) is 0 Å². The highest BCUT2D eigenvalue weighted by molar-refractivity contribution is 7.89. The van der Waals surface area contributed by atoms with Gasteiger partial charge in [-0.1, -0.05) is 6.92 Å². The number of hydrogen-bond acceptors (Lipinski definition) is 3. The van der Waals surface area contributed by atoms with Gasteiger partial charge in [-0.05, 0) is 26.3 Å². The van der Waals surface area contributed by atoms with Crippen LogP contribution in [0.3, 0.4) is 0 Å². The maximum Gasteiger partial charge on any atom is 0.244 e. The van der Waals surface area contributed by atoms with Crippen LogP contribution in [0.1, 0.15) is 32.9 Å². The van der Waals surface area contributed by atoms with Gasteiger partial charge >= 0.3 is 0 Å². The Kier molecular flexibility index (Phi) is 5.03. The number of morpholine rings is 1. The second-order valence-corrected chi connectivity index (χ2v) is 8.15. The number of alkyl halides is 1. The van der Waals surface area contributed by atoms with Crippen molar-refractivity contribution >= 4 is 21.6 Å². The molecule has 2 heterocycles. The molecule has 2 rings (SSSR count). The highest BCUT2D eigenvalue weighted by atomic mass is 35.5. The number of aryl methyl sites for hydroxylation is 1. The molecule has 1 aromatic rings. The summed E-state index contributed by atoms with van der Waals surface area (Å²) in [7, 11) is -3.49. The van der Waals surface area contributed by atoms with Crippen LogP contribution < -0.4 is 0 Å². The predicted molar refractivity (Wildman–Crippen MR) is 83.1 cm³/mol. The zero-order chi connectivity index (χ0) is 15.7. The molecule has 1 fully saturated rings. The Morgan fingerprint density at radius 1 is 1.43 bits per heavy atom. The van der Waals surface area contributed by atoms with E-state index in [1.807, 2.05) is 18.4 Å². The SMILES string of the molecule is CCCn1cc(S(=O)(=O)N2CCOC(C)(C)C2)cc1CCl. The zero-order valence-corrected chi connectivity index (χ0v) is 14.4. The largest absolute Gasteiger partial charge is 0.373 e. The van der Waals surface area contributed by atoms with Crippen molar-refractivity contribution in [3.05, 3.63) is 18.0 Å². The van der Waals surface area contributed by atoms with Crippen LogP contribution >= 0.6 is 11.6 Å². The number of ether oxygens (including phenoxy) is 1. The molecule has 1 saturated heterocycles. The first-order chi connectivity index (χ1) is 9.80. The van der Waals surface area contributed by atoms with E-state index in [-0.39, 0.29) is 0 Å². The minimum atomic E-state index is -3.49. The first kappa shape index (κ1) is 16.8. The quantitative estimate of drug-likeness (QED) is 0.777. The summed E-state index contributed by atoms with van der Waals surface area (Å²) in [6.07, 6.45) is 2.63. The van der Waals surface area contributed by atoms with Crippen LogP contribution in [0, 0.1) is 0 Å². The summed E-state index contributed by atoms with van der Waals surface area (Å²) in [6.45, 7) is 7.81. The van der Waals surface area contributed by atoms with E-state index in [2.05, 4.69) is 6.92 Å². The summed E-state index contributed by atoms with van der Waals surface area (Å²) in [5, 5.41) is 0. The molecule has 1 aliphatic rings. The first-order valence-electron chi connectivity index (χ1n) is 7.19. The summed E-state index contributed by atoms with van der Waals surface area (Å²) in [5.41, 5.74) is 0.386. The molecule has 0 atom stereocenters. The lowest BCUT2D eigenvalue weighted by Gasteiger charge is -2.37. The minimum Gasteiger partial charge on any atom is -0.373 e. The van der Waals surface area contributed by atoms with E-state index in [4.69, 9.17) is 16.3 Å². The van der Waals surface area contributed by atoms with Crippen LogP contribution in [0.15, 0.2) is 17.2 Å². The molecule has 0 aliphatic carbocycles. The third-order valence-electron chi connectivity index (χ3n) is 3.59. The normalized spacial score (nSPS) is 19.8. The molecule has 1 aliphatic heterocycles. The van der Waals surface area contributed by atoms with Crippen LogP contribution in [0.25, 0.3) is 0 Å². The van der Waals surface area contributed by atoms with E-state index < -0.39 is 15.6 Å². The summed E-state index contributed by atoms with van der Waals surface area (Å²) < 4.78 is 34.6. The molecule has 5 nitrogen and oxygen atoms in total. The predicted octanol–water partition coefficient (Wildman–Crippen LogP) is 2.44. The fourth-order valence-electron chi connectivity index (χ4n) is 2.55. The molecule has 0 N–H and O–H groups in total. The van der Waals surface area contributed by atoms with E-state index in [0.29, 0.717) is 30.5 Å². The highest BCUT2D eigenvalue weighted by Gasteiger charge is 2.35. The fourth-order valence-corrected chi connectivity index (χ4v) is 4.42. The lowest BCUT2D eigenvalue weighted by molar-refractivity contribution is -0.0640. The van der Waals surface area contributed by atoms with Crippen molar-refractivity contribution in [3.63, 3.8) is 0 Å². The van der Waals surface area contributed by atoms with Crippen LogP contribution in [-0.2, 0) is 27.2 Å². The van der Waals surface area contributed by atoms with E-state index in [9.17, 15) is 8.42 Å². The Bertz CT molecular complexity index is 595. The summed E-state index contributed by atoms with van der Waals surface area (Å²) in [6, 6.07) is 1.68. The van der Waals surface area contributed by atoms with E-state index in [0.717, 1.165) is 18.7 Å². The fraction of sp³-hybridized carbons (Fsp3) is 0.714. The maximum absolute atomic E-state index is 12.8. The van der Waals surface area contributed by atoms with Gasteiger partial charge in [0.15, 0.2) is 0 Å². The summed E-state index contributed by atoms with van der Waals surface area (Å²) in [5.74, 6) is 0.310. The highest BCUT2D eigenvalue weighted by Crippen LogP contribution is 2.25. The van der Waals surface area contributed by atoms with Crippen molar-refractivity contribution in [2.45, 2.75) is 50.1 Å². The Morgan fingerprint density at radius 2 is 2.14 bits per heavy atom. The van der Waals surface area contributed by atoms with Crippen LogP contribution in [0.5, 0.6) is 0 Å². The first-order valence-corrected chi connectivity index (χ1v) is 9.17. The van der Waals surface area contributed by atoms with Gasteiger partial charge in [0, 0.05) is 31.5 Å². The smallest absolute Gasteiger partial charge is 0.244 e. The minimum absolute atomic E-state index is 0.310. The molecule has 0 unspecified atom stereocenters. The zero-order valence-electron chi connectivity index (χ0n) is 12.8. The van der Waals surface area contributed by atoms with Crippen molar-refractivity contribution in [3.8, 4) is 0 Å². The number of nitrogens with zero attached hydrogens (tertiary/aromatic N) is 2. The lowest BCUT2D eigenvalue weighted by Crippen LogP contribution is -2.50. The molecule has 0 aromatic carbocycles. The molecule has 21 heavy (non-hydrogen) atoms. The molecule has 0 saturated carbocycles. The summed E-state index contributed by atoms with van der Waals surface area (Å²) >= 11 is 5.91. The van der Waals surface area contributed by atoms with Gasteiger partial charge in [-0.2, -0.15) is 4.31 Å². The number of halogens is 1. The van der Waals surface area contributed by atoms with Gasteiger partial charge in [0.1, 0.15) is 4.90 Å². The Labute approximate surface area is 131 Å². The van der Waals surface area contributed by atoms with Crippen LogP contribution in [0.2, 0.25) is 0 Å². The molecular weight excluding hydrogens is 312 g/mol. The van der Waals surface area contributed by atoms with Gasteiger partial charge in [-0.15, -0.1) is 11.6 Å². The van der Waals surface area contributed by atoms with Crippen LogP contribution in [0.4, 0.5) is 0 Å². The van der Waals surface area contributed by atoms with Gasteiger partial charge in [0.2, 0.25) is 10.0 Å². The lowest BCUT2D eigenvalue weighted by atomic mass is 10.1. The molecule has 0 amide bonds. The van der Waals surface area contributed by atoms with E-state index in [1.165, 1.54) is 4.31 Å². The van der Waals surface area contributed by atoms with Gasteiger partial charge in [-0.25, -0.2) is 8.42 Å². The number of hydrogen-bond donors (Lipinski definition) is 0. The van der Waals surface area contributed by atoms with Crippen molar-refractivity contribution in [1.29, 1.82) is 0 Å². The molecular formula is C14H23ClN2O3S. The van der Waals surface area contributed by atoms with Crippen molar-refractivity contribution in [1.82, 2.24) is 8.87 Å². The molecule has 1 aromatic heterocycles. The van der Waals surface area contributed by atoms with Crippen molar-refractivity contribution in [2.75, 3.05) is 19.7 Å². The number of sulfonamides is 1. The maximum atomic E-state index is 12.8. The van der Waals surface area contributed by atoms with Gasteiger partial charge < -0.3 is 9.30 Å². The standard InChI is InChI=1S/C14H23ClN2O3S/c1-4-5-16-10-13(8-12(16)9-15)21(18,19)17-6-7-20-14(2,3)11-17/h8,10H,4-7,9,11H2,1-3H3. The van der Waals surface area contributed by atoms with E-state index in [1.54, 1.807) is 12.3 Å². The molecule has 0 radical (unpaired) electrons. The average molecular weight is 335 g/mol. The number of rotatable bonds is 5. The monoisotopic (exact) mass is 334 g/mol. The Morgan fingerprint density at radius 3 is 2.71 bits per heavy atom. The van der Waals surface area contributed by atoms with Crippen LogP contribution in [-0.4, -0.2) is 42.6 Å².